The number of nitrogens with one attached hydrogen (secondary N) is 2. The quantitative estimate of drug-likeness (QED) is 0.152. The van der Waals surface area contributed by atoms with Crippen molar-refractivity contribution >= 4 is 38.9 Å². The van der Waals surface area contributed by atoms with Crippen molar-refractivity contribution in [1.82, 2.24) is 4.57 Å². The molecule has 0 aliphatic rings. The van der Waals surface area contributed by atoms with Crippen molar-refractivity contribution in [3.63, 3.8) is 0 Å². The Kier molecular flexibility index (Phi) is 6.26. The van der Waals surface area contributed by atoms with E-state index in [9.17, 15) is 0 Å². The maximum absolute atomic E-state index is 5.86. The molecule has 32 heavy (non-hydrogen) atoms. The summed E-state index contributed by atoms with van der Waals surface area (Å²) in [5, 5.41) is 2.53. The predicted molar refractivity (Wildman–Crippen MR) is 137 cm³/mol. The Balaban J connectivity index is 0.000000153. The van der Waals surface area contributed by atoms with Gasteiger partial charge in [-0.25, -0.2) is 0 Å². The number of aromatic nitrogens is 1. The maximum Gasteiger partial charge on any atom is 0.0492 e. The molecule has 0 spiro atoms. The number of nitrogen functional groups attached to an aromatic ring is 3. The summed E-state index contributed by atoms with van der Waals surface area (Å²) in [7, 11) is 0. The van der Waals surface area contributed by atoms with Crippen LogP contribution in [0.5, 0.6) is 0 Å². The van der Waals surface area contributed by atoms with Gasteiger partial charge in [-0.1, -0.05) is 42.5 Å². The van der Waals surface area contributed by atoms with E-state index in [0.29, 0.717) is 0 Å². The molecule has 1 aromatic heterocycles. The number of hydrogen-bond acceptors (Lipinski definition) is 5. The largest absolute Gasteiger partial charge is 0.399 e. The summed E-state index contributed by atoms with van der Waals surface area (Å²) in [5.41, 5.74) is 18.5. The first-order valence-electron chi connectivity index (χ1n) is 10.5. The van der Waals surface area contributed by atoms with Crippen LogP contribution in [0, 0.1) is 0 Å². The lowest BCUT2D eigenvalue weighted by Crippen LogP contribution is -2.06. The summed E-state index contributed by atoms with van der Waals surface area (Å²) in [5.74, 6) is 10.6. The number of anilines is 3. The lowest BCUT2D eigenvalue weighted by molar-refractivity contribution is 0.827. The van der Waals surface area contributed by atoms with Crippen LogP contribution in [0.2, 0.25) is 0 Å². The van der Waals surface area contributed by atoms with Gasteiger partial charge >= 0.3 is 0 Å². The van der Waals surface area contributed by atoms with Crippen LogP contribution in [0.4, 0.5) is 17.1 Å². The van der Waals surface area contributed by atoms with Gasteiger partial charge in [0, 0.05) is 45.4 Å². The molecule has 162 valence electrons. The molecule has 0 saturated heterocycles. The smallest absolute Gasteiger partial charge is 0.0492 e. The highest BCUT2D eigenvalue weighted by molar-refractivity contribution is 6.08. The van der Waals surface area contributed by atoms with Crippen LogP contribution in [0.3, 0.4) is 0 Å². The molecule has 0 amide bonds. The first-order valence-corrected chi connectivity index (χ1v) is 10.5. The molecule has 0 aliphatic carbocycles. The zero-order valence-corrected chi connectivity index (χ0v) is 18.0. The Labute approximate surface area is 187 Å². The van der Waals surface area contributed by atoms with Gasteiger partial charge in [0.1, 0.15) is 0 Å². The van der Waals surface area contributed by atoms with Gasteiger partial charge in [0.15, 0.2) is 0 Å². The van der Waals surface area contributed by atoms with Gasteiger partial charge in [0.05, 0.1) is 0 Å². The van der Waals surface area contributed by atoms with Gasteiger partial charge in [0.25, 0.3) is 0 Å². The molecule has 1 heterocycles. The number of nitrogens with two attached hydrogens (primary N) is 3. The monoisotopic (exact) mass is 424 g/mol. The molecular formula is C26H28N6. The Bertz CT molecular complexity index is 1280. The molecule has 0 atom stereocenters. The molecule has 5 aromatic rings. The first kappa shape index (κ1) is 21.2. The minimum atomic E-state index is 0.825. The van der Waals surface area contributed by atoms with Gasteiger partial charge in [0.2, 0.25) is 0 Å². The van der Waals surface area contributed by atoms with Crippen molar-refractivity contribution in [2.75, 3.05) is 16.6 Å². The van der Waals surface area contributed by atoms with Crippen molar-refractivity contribution in [3.05, 3.63) is 91.0 Å². The highest BCUT2D eigenvalue weighted by Crippen LogP contribution is 2.30. The van der Waals surface area contributed by atoms with Crippen molar-refractivity contribution in [2.45, 2.75) is 13.5 Å². The fourth-order valence-electron chi connectivity index (χ4n) is 3.93. The van der Waals surface area contributed by atoms with Crippen LogP contribution >= 0.6 is 0 Å². The number of benzene rings is 4. The summed E-state index contributed by atoms with van der Waals surface area (Å²) >= 11 is 0. The normalized spacial score (nSPS) is 10.6. The highest BCUT2D eigenvalue weighted by Gasteiger charge is 2.08. The number of hydrogen-bond donors (Lipinski definition) is 5. The zero-order chi connectivity index (χ0) is 22.5. The standard InChI is InChI=1S/C14H14N2.C12H14N4/c1-2-16-13-6-4-3-5-11(13)12-9-10(15)7-8-14(12)16;13-15-11-5-1-9(2-6-11)10-3-7-12(16-14)8-4-10/h3-9H,2,15H2,1H3;1-8,15-16H,13-14H2. The third kappa shape index (κ3) is 4.23. The Hall–Kier alpha value is -4.00. The van der Waals surface area contributed by atoms with E-state index < -0.39 is 0 Å². The van der Waals surface area contributed by atoms with Crippen LogP contribution in [0.25, 0.3) is 32.9 Å². The number of rotatable bonds is 4. The van der Waals surface area contributed by atoms with Gasteiger partial charge in [-0.3, -0.25) is 11.7 Å². The van der Waals surface area contributed by atoms with Gasteiger partial charge in [-0.15, -0.1) is 0 Å². The van der Waals surface area contributed by atoms with Gasteiger partial charge < -0.3 is 21.2 Å². The second-order valence-corrected chi connectivity index (χ2v) is 7.48. The molecule has 8 N–H and O–H groups in total. The summed E-state index contributed by atoms with van der Waals surface area (Å²) in [4.78, 5) is 0. The van der Waals surface area contributed by atoms with Crippen molar-refractivity contribution in [2.24, 2.45) is 11.7 Å². The molecule has 0 bridgehead atoms. The van der Waals surface area contributed by atoms with Crippen molar-refractivity contribution in [3.8, 4) is 11.1 Å². The van der Waals surface area contributed by atoms with E-state index in [0.717, 1.165) is 34.7 Å². The molecule has 6 nitrogen and oxygen atoms in total. The van der Waals surface area contributed by atoms with E-state index in [1.165, 1.54) is 21.8 Å². The number of aryl methyl sites for hydroxylation is 1. The molecule has 0 unspecified atom stereocenters. The maximum atomic E-state index is 5.86. The van der Waals surface area contributed by atoms with Crippen LogP contribution in [-0.2, 0) is 6.54 Å². The van der Waals surface area contributed by atoms with E-state index in [1.807, 2.05) is 54.6 Å². The minimum absolute atomic E-state index is 0.825. The minimum Gasteiger partial charge on any atom is -0.399 e. The lowest BCUT2D eigenvalue weighted by Gasteiger charge is -2.05. The molecule has 6 heteroatoms. The summed E-state index contributed by atoms with van der Waals surface area (Å²) in [6.07, 6.45) is 0. The number of para-hydroxylation sites is 1. The molecule has 0 saturated carbocycles. The van der Waals surface area contributed by atoms with Crippen molar-refractivity contribution in [1.29, 1.82) is 0 Å². The molecule has 4 aromatic carbocycles. The third-order valence-corrected chi connectivity index (χ3v) is 5.55. The summed E-state index contributed by atoms with van der Waals surface area (Å²) in [6, 6.07) is 30.4. The average molecular weight is 425 g/mol. The third-order valence-electron chi connectivity index (χ3n) is 5.55. The predicted octanol–water partition coefficient (Wildman–Crippen LogP) is 5.32. The van der Waals surface area contributed by atoms with Crippen LogP contribution in [-0.4, -0.2) is 4.57 Å². The fourth-order valence-corrected chi connectivity index (χ4v) is 3.93. The van der Waals surface area contributed by atoms with Gasteiger partial charge in [-0.05, 0) is 66.6 Å². The topological polar surface area (TPSA) is 107 Å². The summed E-state index contributed by atoms with van der Waals surface area (Å²) < 4.78 is 2.32. The van der Waals surface area contributed by atoms with E-state index in [4.69, 9.17) is 17.4 Å². The Morgan fingerprint density at radius 2 is 1.19 bits per heavy atom. The van der Waals surface area contributed by atoms with E-state index in [1.54, 1.807) is 0 Å². The highest BCUT2D eigenvalue weighted by atomic mass is 15.2. The average Bonchev–Trinajstić information content (AvgIpc) is 3.17. The van der Waals surface area contributed by atoms with Crippen LogP contribution in [0.1, 0.15) is 6.92 Å². The molecule has 0 aliphatic heterocycles. The SMILES string of the molecule is CCn1c2ccccc2c2cc(N)ccc21.NNc1ccc(-c2ccc(NN)cc2)cc1. The number of nitrogens with zero attached hydrogens (tertiary/aromatic N) is 1. The number of fused-ring (bicyclic) bond motifs is 3. The fraction of sp³-hybridized carbons (Fsp3) is 0.0769. The second kappa shape index (κ2) is 9.43. The molecule has 0 radical (unpaired) electrons. The Morgan fingerprint density at radius 1 is 0.656 bits per heavy atom. The second-order valence-electron chi connectivity index (χ2n) is 7.48. The summed E-state index contributed by atoms with van der Waals surface area (Å²) in [6.45, 7) is 3.15. The molecular weight excluding hydrogens is 396 g/mol. The van der Waals surface area contributed by atoms with Crippen LogP contribution < -0.4 is 28.3 Å². The van der Waals surface area contributed by atoms with Crippen molar-refractivity contribution < 1.29 is 0 Å². The van der Waals surface area contributed by atoms with Crippen LogP contribution in [0.15, 0.2) is 91.0 Å². The van der Waals surface area contributed by atoms with E-state index in [2.05, 4.69) is 58.7 Å². The van der Waals surface area contributed by atoms with Gasteiger partial charge in [-0.2, -0.15) is 0 Å². The lowest BCUT2D eigenvalue weighted by atomic mass is 10.1. The zero-order valence-electron chi connectivity index (χ0n) is 18.0. The first-order chi connectivity index (χ1) is 15.6. The number of hydrazine groups is 2. The van der Waals surface area contributed by atoms with E-state index >= 15 is 0 Å². The molecule has 5 rings (SSSR count). The van der Waals surface area contributed by atoms with E-state index in [-0.39, 0.29) is 0 Å². The Morgan fingerprint density at radius 3 is 1.72 bits per heavy atom. The molecule has 0 fully saturated rings.